The minimum Gasteiger partial charge on any atom is -0.507 e. The Morgan fingerprint density at radius 3 is 2.24 bits per heavy atom. The van der Waals surface area contributed by atoms with Crippen LogP contribution in [0.25, 0.3) is 10.8 Å². The number of benzene rings is 2. The van der Waals surface area contributed by atoms with Gasteiger partial charge in [0.15, 0.2) is 23.1 Å². The molecule has 0 radical (unpaired) electrons. The number of aromatic hydroxyl groups is 3. The summed E-state index contributed by atoms with van der Waals surface area (Å²) in [6.07, 6.45) is 1.72. The zero-order valence-electron chi connectivity index (χ0n) is 19.4. The number of allylic oxidation sites excluding steroid dienone is 2. The van der Waals surface area contributed by atoms with Gasteiger partial charge < -0.3 is 30.2 Å². The van der Waals surface area contributed by atoms with Crippen LogP contribution in [0.2, 0.25) is 0 Å². The van der Waals surface area contributed by atoms with Crippen LogP contribution in [-0.2, 0) is 16.6 Å². The van der Waals surface area contributed by atoms with Crippen molar-refractivity contribution in [3.63, 3.8) is 0 Å². The number of ketones is 4. The van der Waals surface area contributed by atoms with Crippen molar-refractivity contribution in [2.75, 3.05) is 7.11 Å². The summed E-state index contributed by atoms with van der Waals surface area (Å²) < 4.78 is 4.88. The number of carbonyl (C=O) groups is 4. The lowest BCUT2D eigenvalue weighted by Crippen LogP contribution is -2.36. The van der Waals surface area contributed by atoms with Gasteiger partial charge in [0.1, 0.15) is 22.7 Å². The van der Waals surface area contributed by atoms with E-state index < -0.39 is 79.4 Å². The van der Waals surface area contributed by atoms with Crippen molar-refractivity contribution in [2.45, 2.75) is 18.3 Å². The van der Waals surface area contributed by atoms with Gasteiger partial charge in [-0.3, -0.25) is 24.0 Å². The largest absolute Gasteiger partial charge is 0.507 e. The van der Waals surface area contributed by atoms with Crippen molar-refractivity contribution in [3.05, 3.63) is 73.4 Å². The number of methoxy groups -OCH3 is 1. The molecule has 1 atom stereocenters. The summed E-state index contributed by atoms with van der Waals surface area (Å²) in [5.41, 5.74) is -5.16. The second-order valence-corrected chi connectivity index (χ2v) is 9.19. The Hall–Kier alpha value is -5.26. The van der Waals surface area contributed by atoms with E-state index >= 15 is 0 Å². The first-order chi connectivity index (χ1) is 18.1. The lowest BCUT2D eigenvalue weighted by Gasteiger charge is -2.22. The van der Waals surface area contributed by atoms with Crippen LogP contribution in [0.5, 0.6) is 17.2 Å². The Kier molecular flexibility index (Phi) is 4.50. The fourth-order valence-electron chi connectivity index (χ4n) is 5.89. The number of nitrogens with one attached hydrogen (secondary N) is 1. The van der Waals surface area contributed by atoms with E-state index in [1.807, 2.05) is 0 Å². The molecule has 0 aliphatic heterocycles. The molecular formula is C26H16N2O10. The summed E-state index contributed by atoms with van der Waals surface area (Å²) in [5, 5.41) is 45.0. The van der Waals surface area contributed by atoms with E-state index in [4.69, 9.17) is 9.94 Å². The Morgan fingerprint density at radius 2 is 1.61 bits per heavy atom. The number of aryl methyl sites for hydroxylation is 1. The number of hydrogen-bond acceptors (Lipinski definition) is 11. The van der Waals surface area contributed by atoms with Gasteiger partial charge in [0.2, 0.25) is 5.78 Å². The number of nitrogens with zero attached hydrogens (tertiary/aromatic N) is 1. The smallest absolute Gasteiger partial charge is 0.260 e. The molecule has 3 aliphatic rings. The van der Waals surface area contributed by atoms with Gasteiger partial charge >= 0.3 is 0 Å². The van der Waals surface area contributed by atoms with Crippen molar-refractivity contribution in [1.82, 2.24) is 4.98 Å². The predicted octanol–water partition coefficient (Wildman–Crippen LogP) is 1.63. The van der Waals surface area contributed by atoms with E-state index in [0.29, 0.717) is 5.56 Å². The molecule has 1 aromatic heterocycles. The summed E-state index contributed by atoms with van der Waals surface area (Å²) in [6, 6.07) is 2.94. The first kappa shape index (κ1) is 23.2. The first-order valence-electron chi connectivity index (χ1n) is 11.2. The number of phenolic OH excluding ortho intramolecular Hbond substituents is 3. The molecule has 0 bridgehead atoms. The molecule has 3 aliphatic carbocycles. The molecule has 1 heterocycles. The van der Waals surface area contributed by atoms with Crippen LogP contribution in [0, 0.1) is 0 Å². The molecule has 38 heavy (non-hydrogen) atoms. The first-order valence-corrected chi connectivity index (χ1v) is 11.2. The number of ether oxygens (including phenoxy) is 1. The molecule has 3 aromatic rings. The molecule has 6 rings (SSSR count). The fraction of sp³-hybridized carbons (Fsp3) is 0.154. The van der Waals surface area contributed by atoms with Crippen LogP contribution in [0.3, 0.4) is 0 Å². The molecule has 0 fully saturated rings. The highest BCUT2D eigenvalue weighted by Crippen LogP contribution is 2.57. The van der Waals surface area contributed by atoms with E-state index in [1.54, 1.807) is 0 Å². The number of aromatic amines is 1. The number of H-pyrrole nitrogens is 1. The Balaban J connectivity index is 1.64. The topological polar surface area (TPSA) is 204 Å². The average molecular weight is 516 g/mol. The van der Waals surface area contributed by atoms with Crippen LogP contribution < -0.4 is 5.56 Å². The third-order valence-corrected chi connectivity index (χ3v) is 7.46. The molecule has 190 valence electrons. The van der Waals surface area contributed by atoms with Gasteiger partial charge in [-0.15, -0.1) is 0 Å². The molecule has 0 saturated carbocycles. The highest BCUT2D eigenvalue weighted by atomic mass is 16.5. The van der Waals surface area contributed by atoms with Crippen molar-refractivity contribution in [2.24, 2.45) is 5.16 Å². The normalized spacial score (nSPS) is 19.9. The zero-order valence-corrected chi connectivity index (χ0v) is 19.4. The molecular weight excluding hydrogens is 500 g/mol. The third-order valence-electron chi connectivity index (χ3n) is 7.46. The average Bonchev–Trinajstić information content (AvgIpc) is 3.36. The van der Waals surface area contributed by atoms with Crippen molar-refractivity contribution in [3.8, 4) is 17.2 Å². The summed E-state index contributed by atoms with van der Waals surface area (Å²) >= 11 is 0. The Bertz CT molecular complexity index is 1850. The van der Waals surface area contributed by atoms with E-state index in [2.05, 4.69) is 10.1 Å². The van der Waals surface area contributed by atoms with E-state index in [1.165, 1.54) is 12.1 Å². The standard InChI is InChI=1S/C26H16N2O10/c1-38-12-6-11(29)14-15(19(12)30)21(32)17-16(20(14)31)23(34)26(24(17)35)3-2-8-4-9-5-10(7-27-37)28-25(36)13(9)22(33)18(8)26/h4-7,31-33,37H,2-3H2,1H3,(H,28,36)/b27-7+/t26-/m0/s1. The van der Waals surface area contributed by atoms with Crippen LogP contribution in [0.15, 0.2) is 33.9 Å². The number of phenols is 3. The number of oxime groups is 1. The summed E-state index contributed by atoms with van der Waals surface area (Å²) in [6.45, 7) is 0. The number of Topliss-reactive ketones (excluding diaryl/α,β-unsaturated/α-hetero) is 3. The van der Waals surface area contributed by atoms with E-state index in [0.717, 1.165) is 19.4 Å². The van der Waals surface area contributed by atoms with Crippen molar-refractivity contribution < 1.29 is 44.4 Å². The maximum absolute atomic E-state index is 13.9. The van der Waals surface area contributed by atoms with Crippen LogP contribution in [0.1, 0.15) is 64.7 Å². The highest BCUT2D eigenvalue weighted by Gasteiger charge is 2.61. The Labute approximate surface area is 211 Å². The lowest BCUT2D eigenvalue weighted by atomic mass is 9.76. The van der Waals surface area contributed by atoms with E-state index in [9.17, 15) is 39.3 Å². The number of hydrogen-bond donors (Lipinski definition) is 5. The molecule has 0 saturated heterocycles. The number of pyridine rings is 1. The Morgan fingerprint density at radius 1 is 0.947 bits per heavy atom. The predicted molar refractivity (Wildman–Crippen MR) is 128 cm³/mol. The van der Waals surface area contributed by atoms with Gasteiger partial charge in [0.05, 0.1) is 46.7 Å². The molecule has 12 nitrogen and oxygen atoms in total. The van der Waals surface area contributed by atoms with Gasteiger partial charge in [-0.05, 0) is 29.9 Å². The monoisotopic (exact) mass is 516 g/mol. The van der Waals surface area contributed by atoms with Crippen LogP contribution >= 0.6 is 0 Å². The zero-order chi connectivity index (χ0) is 27.3. The summed E-state index contributed by atoms with van der Waals surface area (Å²) in [5.74, 6) is -6.81. The van der Waals surface area contributed by atoms with Crippen LogP contribution in [0.4, 0.5) is 0 Å². The SMILES string of the molecule is COC1=CC(=O)c2c(O)c3c(c(O)c2C1=O)C(=O)[C@]1(CCc2cc4cc(/C=N/O)[nH]c(=O)c4c(O)c21)C3=O. The number of carbonyl (C=O) groups excluding carboxylic acids is 4. The minimum absolute atomic E-state index is 0.106. The molecule has 0 amide bonds. The number of fused-ring (bicyclic) bond motifs is 5. The van der Waals surface area contributed by atoms with Gasteiger partial charge in [-0.25, -0.2) is 0 Å². The number of aromatic nitrogens is 1. The van der Waals surface area contributed by atoms with Gasteiger partial charge in [-0.2, -0.15) is 0 Å². The van der Waals surface area contributed by atoms with Crippen molar-refractivity contribution >= 4 is 40.1 Å². The second kappa shape index (κ2) is 7.38. The van der Waals surface area contributed by atoms with Crippen LogP contribution in [-0.4, -0.2) is 62.0 Å². The molecule has 0 unspecified atom stereocenters. The maximum Gasteiger partial charge on any atom is 0.260 e. The summed E-state index contributed by atoms with van der Waals surface area (Å²) in [4.78, 5) is 68.6. The quantitative estimate of drug-likeness (QED) is 0.109. The minimum atomic E-state index is -2.11. The highest BCUT2D eigenvalue weighted by molar-refractivity contribution is 6.38. The van der Waals surface area contributed by atoms with Gasteiger partial charge in [0, 0.05) is 11.6 Å². The van der Waals surface area contributed by atoms with Crippen molar-refractivity contribution in [1.29, 1.82) is 0 Å². The van der Waals surface area contributed by atoms with Gasteiger partial charge in [-0.1, -0.05) is 11.2 Å². The van der Waals surface area contributed by atoms with E-state index in [-0.39, 0.29) is 34.9 Å². The summed E-state index contributed by atoms with van der Waals surface area (Å²) in [7, 11) is 1.12. The lowest BCUT2D eigenvalue weighted by molar-refractivity contribution is 0.0790. The maximum atomic E-state index is 13.9. The molecule has 5 N–H and O–H groups in total. The fourth-order valence-corrected chi connectivity index (χ4v) is 5.89. The number of rotatable bonds is 2. The second-order valence-electron chi connectivity index (χ2n) is 9.19. The third kappa shape index (κ3) is 2.53. The molecule has 2 aromatic carbocycles. The molecule has 1 spiro atoms. The van der Waals surface area contributed by atoms with Gasteiger partial charge in [0.25, 0.3) is 5.56 Å². The molecule has 12 heteroatoms.